The van der Waals surface area contributed by atoms with Crippen molar-refractivity contribution in [1.82, 2.24) is 10.3 Å². The maximum atomic E-state index is 13.0. The predicted octanol–water partition coefficient (Wildman–Crippen LogP) is 3.64. The van der Waals surface area contributed by atoms with Gasteiger partial charge in [-0.1, -0.05) is 24.3 Å². The van der Waals surface area contributed by atoms with E-state index >= 15 is 0 Å². The molecule has 29 heavy (non-hydrogen) atoms. The minimum absolute atomic E-state index is 0.0297. The van der Waals surface area contributed by atoms with Crippen molar-refractivity contribution in [3.63, 3.8) is 0 Å². The van der Waals surface area contributed by atoms with Crippen molar-refractivity contribution in [2.24, 2.45) is 5.10 Å². The molecule has 2 amide bonds. The summed E-state index contributed by atoms with van der Waals surface area (Å²) in [6.45, 7) is 0.136. The van der Waals surface area contributed by atoms with E-state index in [1.54, 1.807) is 0 Å². The lowest BCUT2D eigenvalue weighted by Crippen LogP contribution is -2.38. The molecule has 0 saturated carbocycles. The van der Waals surface area contributed by atoms with Crippen LogP contribution in [-0.2, 0) is 28.9 Å². The molecule has 1 aliphatic rings. The summed E-state index contributed by atoms with van der Waals surface area (Å²) in [4.78, 5) is 24.4. The second-order valence-corrected chi connectivity index (χ2v) is 6.50. The molecule has 152 valence electrons. The highest BCUT2D eigenvalue weighted by Crippen LogP contribution is 2.29. The summed E-state index contributed by atoms with van der Waals surface area (Å²) in [7, 11) is 0. The van der Waals surface area contributed by atoms with Gasteiger partial charge in [-0.2, -0.15) is 18.3 Å². The van der Waals surface area contributed by atoms with Crippen LogP contribution >= 0.6 is 0 Å². The molecule has 0 aromatic heterocycles. The van der Waals surface area contributed by atoms with E-state index in [2.05, 4.69) is 10.4 Å². The lowest BCUT2D eigenvalue weighted by molar-refractivity contribution is -0.137. The minimum Gasteiger partial charge on any atom is -0.347 e. The Morgan fingerprint density at radius 2 is 1.62 bits per heavy atom. The first-order chi connectivity index (χ1) is 13.7. The van der Waals surface area contributed by atoms with E-state index in [0.717, 1.165) is 17.1 Å². The molecule has 1 N–H and O–H groups in total. The first-order valence-corrected chi connectivity index (χ1v) is 8.79. The lowest BCUT2D eigenvalue weighted by Gasteiger charge is -2.23. The van der Waals surface area contributed by atoms with Gasteiger partial charge in [-0.25, -0.2) is 9.40 Å². The predicted molar refractivity (Wildman–Crippen MR) is 96.9 cm³/mol. The zero-order valence-electron chi connectivity index (χ0n) is 15.2. The Balaban J connectivity index is 1.62. The number of alkyl halides is 3. The lowest BCUT2D eigenvalue weighted by atomic mass is 10.1. The summed E-state index contributed by atoms with van der Waals surface area (Å²) in [5.41, 5.74) is 0.551. The van der Waals surface area contributed by atoms with Crippen molar-refractivity contribution in [3.05, 3.63) is 71.0 Å². The Kier molecular flexibility index (Phi) is 5.95. The Labute approximate surface area is 164 Å². The van der Waals surface area contributed by atoms with Crippen molar-refractivity contribution in [3.8, 4) is 0 Å². The van der Waals surface area contributed by atoms with Crippen LogP contribution in [0.25, 0.3) is 0 Å². The molecule has 1 heterocycles. The molecule has 0 atom stereocenters. The van der Waals surface area contributed by atoms with Crippen molar-refractivity contribution in [2.45, 2.75) is 32.1 Å². The Morgan fingerprint density at radius 1 is 1.00 bits per heavy atom. The molecule has 1 aliphatic heterocycles. The van der Waals surface area contributed by atoms with Crippen molar-refractivity contribution in [1.29, 1.82) is 0 Å². The highest BCUT2D eigenvalue weighted by atomic mass is 19.4. The van der Waals surface area contributed by atoms with E-state index in [1.165, 1.54) is 36.4 Å². The number of halogens is 4. The fourth-order valence-electron chi connectivity index (χ4n) is 2.75. The average Bonchev–Trinajstić information content (AvgIpc) is 2.69. The number of nitrogens with zero attached hydrogens (tertiary/aromatic N) is 2. The summed E-state index contributed by atoms with van der Waals surface area (Å²) in [6.07, 6.45) is -4.15. The van der Waals surface area contributed by atoms with E-state index in [-0.39, 0.29) is 37.6 Å². The average molecular weight is 407 g/mol. The van der Waals surface area contributed by atoms with E-state index < -0.39 is 23.5 Å². The van der Waals surface area contributed by atoms with Crippen LogP contribution in [0.15, 0.2) is 53.6 Å². The normalized spacial score (nSPS) is 14.6. The van der Waals surface area contributed by atoms with Crippen LogP contribution < -0.4 is 5.32 Å². The van der Waals surface area contributed by atoms with E-state index in [9.17, 15) is 27.2 Å². The highest BCUT2D eigenvalue weighted by Gasteiger charge is 2.30. The maximum Gasteiger partial charge on any atom is 0.416 e. The van der Waals surface area contributed by atoms with Crippen LogP contribution in [-0.4, -0.2) is 22.5 Å². The van der Waals surface area contributed by atoms with E-state index in [4.69, 9.17) is 0 Å². The number of carbonyl (C=O) groups is 2. The van der Waals surface area contributed by atoms with Gasteiger partial charge in [0.1, 0.15) is 11.5 Å². The molecular formula is C20H17F4N3O2. The molecule has 5 nitrogen and oxygen atoms in total. The number of rotatable bonds is 5. The van der Waals surface area contributed by atoms with Gasteiger partial charge in [-0.15, -0.1) is 0 Å². The standard InChI is InChI=1S/C20H17F4N3O2/c21-16-7-3-14(4-8-16)12-27-18(28)10-9-17(26-27)19(29)25-11-13-1-5-15(6-2-13)20(22,23)24/h1-8H,9-12H2,(H,25,29). The maximum absolute atomic E-state index is 13.0. The third-order valence-corrected chi connectivity index (χ3v) is 4.35. The SMILES string of the molecule is O=C(NCc1ccc(C(F)(F)F)cc1)C1=NN(Cc2ccc(F)cc2)C(=O)CC1. The first-order valence-electron chi connectivity index (χ1n) is 8.79. The number of hydrogen-bond donors (Lipinski definition) is 1. The van der Waals surface area contributed by atoms with Gasteiger partial charge in [-0.05, 0) is 35.4 Å². The van der Waals surface area contributed by atoms with Gasteiger partial charge in [0.05, 0.1) is 12.1 Å². The van der Waals surface area contributed by atoms with Gasteiger partial charge in [-0.3, -0.25) is 9.59 Å². The topological polar surface area (TPSA) is 61.8 Å². The number of hydrogen-bond acceptors (Lipinski definition) is 3. The highest BCUT2D eigenvalue weighted by molar-refractivity contribution is 6.39. The summed E-state index contributed by atoms with van der Waals surface area (Å²) < 4.78 is 50.8. The summed E-state index contributed by atoms with van der Waals surface area (Å²) in [6, 6.07) is 10.1. The number of amides is 2. The Hall–Kier alpha value is -3.23. The van der Waals surface area contributed by atoms with E-state index in [1.807, 2.05) is 0 Å². The molecule has 9 heteroatoms. The Morgan fingerprint density at radius 3 is 2.24 bits per heavy atom. The van der Waals surface area contributed by atoms with Crippen LogP contribution in [0.4, 0.5) is 17.6 Å². The van der Waals surface area contributed by atoms with Crippen LogP contribution in [0.1, 0.15) is 29.5 Å². The number of carbonyl (C=O) groups excluding carboxylic acids is 2. The van der Waals surface area contributed by atoms with Crippen LogP contribution in [0.5, 0.6) is 0 Å². The fourth-order valence-corrected chi connectivity index (χ4v) is 2.75. The quantitative estimate of drug-likeness (QED) is 0.770. The molecule has 0 bridgehead atoms. The summed E-state index contributed by atoms with van der Waals surface area (Å²) in [5.74, 6) is -1.15. The summed E-state index contributed by atoms with van der Waals surface area (Å²) in [5, 5.41) is 7.84. The molecule has 0 fully saturated rings. The molecule has 0 spiro atoms. The van der Waals surface area contributed by atoms with Crippen molar-refractivity contribution < 1.29 is 27.2 Å². The monoisotopic (exact) mass is 407 g/mol. The smallest absolute Gasteiger partial charge is 0.347 e. The van der Waals surface area contributed by atoms with E-state index in [0.29, 0.717) is 11.1 Å². The van der Waals surface area contributed by atoms with Gasteiger partial charge in [0.25, 0.3) is 5.91 Å². The third-order valence-electron chi connectivity index (χ3n) is 4.35. The minimum atomic E-state index is -4.42. The number of hydrazone groups is 1. The second kappa shape index (κ2) is 8.42. The number of benzene rings is 2. The zero-order valence-corrected chi connectivity index (χ0v) is 15.2. The molecule has 3 rings (SSSR count). The zero-order chi connectivity index (χ0) is 21.0. The van der Waals surface area contributed by atoms with Gasteiger partial charge < -0.3 is 5.32 Å². The third kappa shape index (κ3) is 5.40. The van der Waals surface area contributed by atoms with Gasteiger partial charge >= 0.3 is 6.18 Å². The van der Waals surface area contributed by atoms with Gasteiger partial charge in [0.2, 0.25) is 5.91 Å². The number of nitrogens with one attached hydrogen (secondary N) is 1. The first kappa shape index (κ1) is 20.5. The largest absolute Gasteiger partial charge is 0.416 e. The van der Waals surface area contributed by atoms with Crippen LogP contribution in [0.2, 0.25) is 0 Å². The van der Waals surface area contributed by atoms with Crippen LogP contribution in [0, 0.1) is 5.82 Å². The molecular weight excluding hydrogens is 390 g/mol. The fraction of sp³-hybridized carbons (Fsp3) is 0.250. The van der Waals surface area contributed by atoms with Crippen molar-refractivity contribution in [2.75, 3.05) is 0 Å². The second-order valence-electron chi connectivity index (χ2n) is 6.50. The van der Waals surface area contributed by atoms with Gasteiger partial charge in [0, 0.05) is 19.4 Å². The van der Waals surface area contributed by atoms with Crippen molar-refractivity contribution >= 4 is 17.5 Å². The summed E-state index contributed by atoms with van der Waals surface area (Å²) >= 11 is 0. The molecule has 0 saturated heterocycles. The van der Waals surface area contributed by atoms with Gasteiger partial charge in [0.15, 0.2) is 0 Å². The molecule has 0 radical (unpaired) electrons. The Bertz CT molecular complexity index is 922. The molecule has 2 aromatic rings. The molecule has 0 unspecified atom stereocenters. The van der Waals surface area contributed by atoms with Crippen LogP contribution in [0.3, 0.4) is 0 Å². The molecule has 0 aliphatic carbocycles. The molecule has 2 aromatic carbocycles.